The standard InChI is InChI=1S/C73H97N11O22/c1-3-55-56-39-54(85)16-17-60(56)79-67-57(55)44-83-62(67)40-59-58(70(83)92)46-104-71(93)73(59,4-2)106-72(94)105-45-50-10-14-52(15-11-50)77-69(91)61(7-5-6-20-74)78-64(87)48-103-47-63(86)75-21-23-95-25-27-97-29-31-99-33-35-101-37-38-102-36-34-100-32-30-98-28-26-96-24-22-82-43-53(80-81-82)41-76-68(90)51-12-8-49(9-13-51)42-84-65(88)18-19-66(84)89/h10-11,14-19,39-40,43,49,51,61,85H,3-9,12-13,20-38,41-42,44-48,74H2,1-2H3,(H,75,86)(H,76,90)(H,77,91)(H,78,87)/t49?,51?,61?,73-/m0/s1. The number of anilines is 1. The van der Waals surface area contributed by atoms with Gasteiger partial charge in [-0.3, -0.25) is 38.5 Å². The number of aromatic hydroxyl groups is 1. The summed E-state index contributed by atoms with van der Waals surface area (Å²) >= 11 is 0. The number of amides is 6. The summed E-state index contributed by atoms with van der Waals surface area (Å²) < 4.78 is 69.8. The van der Waals surface area contributed by atoms with Crippen LogP contribution in [0.25, 0.3) is 22.3 Å². The van der Waals surface area contributed by atoms with Crippen molar-refractivity contribution in [1.82, 2.24) is 45.4 Å². The maximum absolute atomic E-state index is 14.1. The fourth-order valence-electron chi connectivity index (χ4n) is 12.6. The molecule has 0 radical (unpaired) electrons. The van der Waals surface area contributed by atoms with E-state index >= 15 is 0 Å². The largest absolute Gasteiger partial charge is 0.510 e. The first-order valence-corrected chi connectivity index (χ1v) is 36.1. The Morgan fingerprint density at radius 2 is 1.34 bits per heavy atom. The zero-order valence-corrected chi connectivity index (χ0v) is 60.1. The molecule has 4 aliphatic rings. The molecule has 0 saturated heterocycles. The third kappa shape index (κ3) is 23.7. The minimum atomic E-state index is -2.01. The molecule has 6 amide bonds. The summed E-state index contributed by atoms with van der Waals surface area (Å²) in [5, 5.41) is 30.3. The predicted molar refractivity (Wildman–Crippen MR) is 378 cm³/mol. The molecule has 6 heterocycles. The van der Waals surface area contributed by atoms with Gasteiger partial charge in [-0.1, -0.05) is 31.2 Å². The van der Waals surface area contributed by atoms with Crippen LogP contribution in [-0.4, -0.2) is 227 Å². The summed E-state index contributed by atoms with van der Waals surface area (Å²) in [5.74, 6) is -2.83. The number of hydrogen-bond donors (Lipinski definition) is 6. The van der Waals surface area contributed by atoms with Crippen molar-refractivity contribution in [2.24, 2.45) is 17.6 Å². The van der Waals surface area contributed by atoms with E-state index in [1.165, 1.54) is 17.1 Å². The van der Waals surface area contributed by atoms with Crippen LogP contribution in [0, 0.1) is 11.8 Å². The van der Waals surface area contributed by atoms with Gasteiger partial charge in [-0.25, -0.2) is 19.3 Å². The van der Waals surface area contributed by atoms with Crippen molar-refractivity contribution in [1.29, 1.82) is 0 Å². The van der Waals surface area contributed by atoms with E-state index in [1.807, 2.05) is 6.92 Å². The number of cyclic esters (lactones) is 1. The number of ether oxygens (including phenoxy) is 12. The molecule has 0 spiro atoms. The van der Waals surface area contributed by atoms with Gasteiger partial charge in [0.05, 0.1) is 154 Å². The fraction of sp³-hybridized carbons (Fsp3) is 0.562. The number of fused-ring (bicyclic) bond motifs is 5. The number of esters is 1. The minimum Gasteiger partial charge on any atom is -0.508 e. The van der Waals surface area contributed by atoms with Crippen LogP contribution < -0.4 is 32.6 Å². The summed E-state index contributed by atoms with van der Waals surface area (Å²) in [4.78, 5) is 123. The maximum atomic E-state index is 14.1. The lowest BCUT2D eigenvalue weighted by molar-refractivity contribution is -0.175. The first-order chi connectivity index (χ1) is 51.6. The summed E-state index contributed by atoms with van der Waals surface area (Å²) in [6.45, 7) is 10.2. The predicted octanol–water partition coefficient (Wildman–Crippen LogP) is 3.17. The quantitative estimate of drug-likeness (QED) is 0.0181. The Hall–Kier alpha value is -9.16. The van der Waals surface area contributed by atoms with Crippen molar-refractivity contribution >= 4 is 64.2 Å². The van der Waals surface area contributed by atoms with Crippen molar-refractivity contribution in [3.8, 4) is 17.1 Å². The van der Waals surface area contributed by atoms with Gasteiger partial charge < -0.3 is 93.5 Å². The van der Waals surface area contributed by atoms with Gasteiger partial charge >= 0.3 is 12.1 Å². The number of aryl methyl sites for hydroxylation is 1. The van der Waals surface area contributed by atoms with Crippen LogP contribution >= 0.6 is 0 Å². The van der Waals surface area contributed by atoms with Crippen LogP contribution in [-0.2, 0) is 135 Å². The molecular formula is C73H97N11O22. The lowest BCUT2D eigenvalue weighted by Gasteiger charge is -2.35. The average Bonchev–Trinajstić information content (AvgIpc) is 1.49. The van der Waals surface area contributed by atoms with Gasteiger partial charge in [-0.05, 0) is 118 Å². The first-order valence-electron chi connectivity index (χ1n) is 36.1. The van der Waals surface area contributed by atoms with Gasteiger partial charge in [0, 0.05) is 53.4 Å². The lowest BCUT2D eigenvalue weighted by atomic mass is 9.81. The van der Waals surface area contributed by atoms with E-state index in [2.05, 4.69) is 31.6 Å². The highest BCUT2D eigenvalue weighted by Crippen LogP contribution is 2.43. The third-order valence-corrected chi connectivity index (χ3v) is 18.2. The molecular weight excluding hydrogens is 1380 g/mol. The van der Waals surface area contributed by atoms with Crippen molar-refractivity contribution in [3.05, 3.63) is 111 Å². The molecule has 3 aromatic heterocycles. The molecule has 1 unspecified atom stereocenters. The number of phenols is 1. The van der Waals surface area contributed by atoms with Crippen molar-refractivity contribution in [3.63, 3.8) is 0 Å². The Labute approximate surface area is 613 Å². The molecule has 2 atom stereocenters. The number of hydrogen-bond acceptors (Lipinski definition) is 26. The highest BCUT2D eigenvalue weighted by molar-refractivity contribution is 6.13. The molecule has 3 aliphatic heterocycles. The second kappa shape index (κ2) is 42.3. The van der Waals surface area contributed by atoms with Gasteiger partial charge in [0.1, 0.15) is 43.9 Å². The molecule has 0 bridgehead atoms. The Bertz CT molecular complexity index is 3840. The van der Waals surface area contributed by atoms with Gasteiger partial charge in [-0.2, -0.15) is 0 Å². The number of carbonyl (C=O) groups excluding carboxylic acids is 8. The molecule has 1 saturated carbocycles. The number of aromatic nitrogens is 5. The van der Waals surface area contributed by atoms with Gasteiger partial charge in [0.25, 0.3) is 17.4 Å². The minimum absolute atomic E-state index is 0.0281. The highest BCUT2D eigenvalue weighted by atomic mass is 16.7. The average molecular weight is 1480 g/mol. The van der Waals surface area contributed by atoms with Crippen LogP contribution in [0.1, 0.15) is 98.7 Å². The number of nitrogens with zero attached hydrogens (tertiary/aromatic N) is 6. The SMILES string of the molecule is CCc1c2c(nc3ccc(O)cc13)-c1cc3c(c(=O)n1C2)COC(=O)[C@@]3(CC)OC(=O)OCc1ccc(NC(=O)C(CCCCN)NC(=O)COCC(=O)NCCOCCOCCOCCOCCOCCOCCOCCOCCn2cc(CNC(=O)C3CCC(CN4C(=O)C=CC4=O)CC3)nn2)cc1. The number of rotatable bonds is 48. The first kappa shape index (κ1) is 80.9. The Morgan fingerprint density at radius 3 is 1.96 bits per heavy atom. The van der Waals surface area contributed by atoms with Crippen molar-refractivity contribution < 1.29 is 100 Å². The van der Waals surface area contributed by atoms with E-state index in [0.717, 1.165) is 29.4 Å². The van der Waals surface area contributed by atoms with Crippen LogP contribution in [0.4, 0.5) is 10.5 Å². The maximum Gasteiger partial charge on any atom is 0.510 e. The molecule has 9 rings (SSSR count). The molecule has 1 fully saturated rings. The van der Waals surface area contributed by atoms with E-state index in [-0.39, 0.29) is 98.7 Å². The van der Waals surface area contributed by atoms with Crippen LogP contribution in [0.15, 0.2) is 71.7 Å². The van der Waals surface area contributed by atoms with E-state index in [1.54, 1.807) is 70.9 Å². The second-order valence-corrected chi connectivity index (χ2v) is 25.5. The van der Waals surface area contributed by atoms with Crippen molar-refractivity contribution in [2.45, 2.75) is 116 Å². The normalized spacial score (nSPS) is 16.9. The monoisotopic (exact) mass is 1480 g/mol. The smallest absolute Gasteiger partial charge is 0.508 e. The Morgan fingerprint density at radius 1 is 0.717 bits per heavy atom. The second-order valence-electron chi connectivity index (χ2n) is 25.5. The van der Waals surface area contributed by atoms with Gasteiger partial charge in [-0.15, -0.1) is 5.10 Å². The summed E-state index contributed by atoms with van der Waals surface area (Å²) in [6, 6.07) is 12.0. The Kier molecular flexibility index (Phi) is 32.3. The van der Waals surface area contributed by atoms with Crippen molar-refractivity contribution in [2.75, 3.05) is 144 Å². The molecule has 7 N–H and O–H groups in total. The molecule has 33 nitrogen and oxygen atoms in total. The highest BCUT2D eigenvalue weighted by Gasteiger charge is 2.51. The van der Waals surface area contributed by atoms with Crippen LogP contribution in [0.2, 0.25) is 0 Å². The molecule has 106 heavy (non-hydrogen) atoms. The third-order valence-electron chi connectivity index (χ3n) is 18.2. The van der Waals surface area contributed by atoms with E-state index in [9.17, 15) is 48.3 Å². The molecule has 1 aliphatic carbocycles. The zero-order chi connectivity index (χ0) is 75.1. The number of nitrogens with one attached hydrogen (secondary N) is 4. The number of unbranched alkanes of at least 4 members (excludes halogenated alkanes) is 1. The van der Waals surface area contributed by atoms with E-state index in [0.29, 0.717) is 185 Å². The summed E-state index contributed by atoms with van der Waals surface area (Å²) in [7, 11) is 0. The number of nitrogens with two attached hydrogens (primary N) is 1. The van der Waals surface area contributed by atoms with Crippen LogP contribution in [0.3, 0.4) is 0 Å². The molecule has 576 valence electrons. The summed E-state index contributed by atoms with van der Waals surface area (Å²) in [5.41, 5.74) is 8.52. The molecule has 2 aromatic carbocycles. The number of phenolic OH excluding ortho intramolecular Hbond substituents is 1. The number of benzene rings is 2. The fourth-order valence-corrected chi connectivity index (χ4v) is 12.6. The van der Waals surface area contributed by atoms with E-state index < -0.39 is 60.3 Å². The van der Waals surface area contributed by atoms with Gasteiger partial charge in [0.2, 0.25) is 29.2 Å². The van der Waals surface area contributed by atoms with Gasteiger partial charge in [0.15, 0.2) is 0 Å². The van der Waals surface area contributed by atoms with E-state index in [4.69, 9.17) is 67.6 Å². The Balaban J connectivity index is 0.528. The lowest BCUT2D eigenvalue weighted by Crippen LogP contribution is -2.47. The van der Waals surface area contributed by atoms with Crippen LogP contribution in [0.5, 0.6) is 5.75 Å². The number of carbonyl (C=O) groups is 8. The summed E-state index contributed by atoms with van der Waals surface area (Å²) in [6.07, 6.45) is 8.10. The number of pyridine rings is 2. The topological polar surface area (TPSA) is 411 Å². The molecule has 5 aromatic rings. The number of imide groups is 1. The zero-order valence-electron chi connectivity index (χ0n) is 60.1. The molecule has 33 heteroatoms.